The van der Waals surface area contributed by atoms with E-state index in [9.17, 15) is 9.90 Å². The number of carboxylic acid groups (broad SMARTS) is 1. The first-order chi connectivity index (χ1) is 8.26. The van der Waals surface area contributed by atoms with Crippen LogP contribution in [0.4, 0.5) is 0 Å². The Morgan fingerprint density at radius 1 is 1.33 bits per heavy atom. The number of hydrogen-bond donors (Lipinski definition) is 2. The highest BCUT2D eigenvalue weighted by atomic mass is 35.5. The maximum Gasteiger partial charge on any atom is 0.313 e. The van der Waals surface area contributed by atoms with Crippen LogP contribution in [0.5, 0.6) is 0 Å². The molecule has 0 aliphatic heterocycles. The first-order valence-corrected chi connectivity index (χ1v) is 6.16. The Kier molecular flexibility index (Phi) is 2.90. The van der Waals surface area contributed by atoms with Crippen LogP contribution in [0.2, 0.25) is 5.02 Å². The van der Waals surface area contributed by atoms with Gasteiger partial charge in [-0.15, -0.1) is 0 Å². The number of rotatable bonds is 2. The normalized spacial score (nSPS) is 12.1. The topological polar surface area (TPSA) is 53.1 Å². The Labute approximate surface area is 111 Å². The molecule has 0 spiro atoms. The van der Waals surface area contributed by atoms with E-state index in [2.05, 4.69) is 4.98 Å². The van der Waals surface area contributed by atoms with Crippen LogP contribution in [-0.4, -0.2) is 16.1 Å². The molecular formula is C14H16ClNO2. The molecule has 1 heterocycles. The molecule has 2 rings (SSSR count). The van der Waals surface area contributed by atoms with Crippen molar-refractivity contribution >= 4 is 28.5 Å². The number of aromatic nitrogens is 1. The largest absolute Gasteiger partial charge is 0.481 e. The minimum Gasteiger partial charge on any atom is -0.481 e. The van der Waals surface area contributed by atoms with Gasteiger partial charge in [0.15, 0.2) is 0 Å². The first kappa shape index (κ1) is 13.0. The fourth-order valence-corrected chi connectivity index (χ4v) is 2.58. The van der Waals surface area contributed by atoms with Crippen molar-refractivity contribution < 1.29 is 9.90 Å². The zero-order chi connectivity index (χ0) is 13.7. The van der Waals surface area contributed by atoms with E-state index in [-0.39, 0.29) is 0 Å². The minimum atomic E-state index is -0.928. The van der Waals surface area contributed by atoms with Crippen LogP contribution < -0.4 is 0 Å². The minimum absolute atomic E-state index is 0.684. The molecule has 0 radical (unpaired) electrons. The van der Waals surface area contributed by atoms with Crippen LogP contribution in [0.3, 0.4) is 0 Å². The van der Waals surface area contributed by atoms with Crippen molar-refractivity contribution in [3.8, 4) is 0 Å². The van der Waals surface area contributed by atoms with E-state index in [1.165, 1.54) is 0 Å². The van der Waals surface area contributed by atoms with Gasteiger partial charge in [0.1, 0.15) is 0 Å². The number of carbonyl (C=O) groups is 1. The maximum absolute atomic E-state index is 11.4. The summed E-state index contributed by atoms with van der Waals surface area (Å²) in [7, 11) is 0. The predicted octanol–water partition coefficient (Wildman–Crippen LogP) is 3.80. The Balaban J connectivity index is 2.85. The van der Waals surface area contributed by atoms with Gasteiger partial charge >= 0.3 is 5.97 Å². The van der Waals surface area contributed by atoms with Crippen LogP contribution in [-0.2, 0) is 10.2 Å². The number of aryl methyl sites for hydroxylation is 2. The second-order valence-corrected chi connectivity index (χ2v) is 5.56. The molecule has 0 aliphatic rings. The van der Waals surface area contributed by atoms with E-state index in [4.69, 9.17) is 11.6 Å². The Morgan fingerprint density at radius 2 is 1.94 bits per heavy atom. The van der Waals surface area contributed by atoms with Gasteiger partial charge in [0.2, 0.25) is 0 Å². The van der Waals surface area contributed by atoms with Gasteiger partial charge in [-0.1, -0.05) is 17.7 Å². The quantitative estimate of drug-likeness (QED) is 0.868. The van der Waals surface area contributed by atoms with Gasteiger partial charge < -0.3 is 10.1 Å². The molecule has 0 aliphatic carbocycles. The highest BCUT2D eigenvalue weighted by Crippen LogP contribution is 2.36. The van der Waals surface area contributed by atoms with E-state index >= 15 is 0 Å². The number of H-pyrrole nitrogens is 1. The molecule has 0 unspecified atom stereocenters. The number of aliphatic carboxylic acids is 1. The number of fused-ring (bicyclic) bond motifs is 1. The predicted molar refractivity (Wildman–Crippen MR) is 73.4 cm³/mol. The molecule has 0 saturated carbocycles. The highest BCUT2D eigenvalue weighted by Gasteiger charge is 2.34. The summed E-state index contributed by atoms with van der Waals surface area (Å²) in [6, 6.07) is 3.70. The van der Waals surface area contributed by atoms with Crippen molar-refractivity contribution in [3.05, 3.63) is 34.0 Å². The number of carboxylic acids is 1. The molecule has 18 heavy (non-hydrogen) atoms. The Hall–Kier alpha value is -1.48. The summed E-state index contributed by atoms with van der Waals surface area (Å²) in [4.78, 5) is 14.7. The number of nitrogens with one attached hydrogen (secondary N) is 1. The molecule has 0 amide bonds. The molecule has 2 aromatic rings. The van der Waals surface area contributed by atoms with Gasteiger partial charge in [-0.25, -0.2) is 0 Å². The molecular weight excluding hydrogens is 250 g/mol. The van der Waals surface area contributed by atoms with E-state index < -0.39 is 11.4 Å². The fraction of sp³-hybridized carbons (Fsp3) is 0.357. The summed E-state index contributed by atoms with van der Waals surface area (Å²) in [5.74, 6) is -0.834. The van der Waals surface area contributed by atoms with Crippen molar-refractivity contribution in [2.24, 2.45) is 0 Å². The summed E-state index contributed by atoms with van der Waals surface area (Å²) in [6.07, 6.45) is 0. The number of aromatic amines is 1. The monoisotopic (exact) mass is 265 g/mol. The molecule has 0 atom stereocenters. The molecule has 3 nitrogen and oxygen atoms in total. The van der Waals surface area contributed by atoms with Gasteiger partial charge in [-0.05, 0) is 44.9 Å². The van der Waals surface area contributed by atoms with Gasteiger partial charge in [0.05, 0.1) is 10.9 Å². The summed E-state index contributed by atoms with van der Waals surface area (Å²) >= 11 is 6.09. The van der Waals surface area contributed by atoms with Crippen molar-refractivity contribution in [2.45, 2.75) is 33.1 Å². The first-order valence-electron chi connectivity index (χ1n) is 5.78. The lowest BCUT2D eigenvalue weighted by molar-refractivity contribution is -0.142. The van der Waals surface area contributed by atoms with Crippen LogP contribution in [0.15, 0.2) is 12.1 Å². The maximum atomic E-state index is 11.4. The summed E-state index contributed by atoms with van der Waals surface area (Å²) in [5.41, 5.74) is 2.64. The van der Waals surface area contributed by atoms with Crippen molar-refractivity contribution in [1.82, 2.24) is 4.98 Å². The van der Waals surface area contributed by atoms with Gasteiger partial charge in [-0.3, -0.25) is 4.79 Å². The summed E-state index contributed by atoms with van der Waals surface area (Å²) < 4.78 is 0. The zero-order valence-electron chi connectivity index (χ0n) is 10.9. The zero-order valence-corrected chi connectivity index (χ0v) is 11.6. The smallest absolute Gasteiger partial charge is 0.313 e. The average molecular weight is 266 g/mol. The lowest BCUT2D eigenvalue weighted by atomic mass is 9.82. The fourth-order valence-electron chi connectivity index (χ4n) is 2.42. The van der Waals surface area contributed by atoms with Gasteiger partial charge in [-0.2, -0.15) is 0 Å². The molecule has 1 aromatic carbocycles. The second kappa shape index (κ2) is 4.02. The molecule has 0 bridgehead atoms. The molecule has 2 N–H and O–H groups in total. The standard InChI is InChI=1S/C14H16ClNO2/c1-7-10(15)6-5-9-11(8(2)16-12(7)9)14(3,4)13(17)18/h5-6,16H,1-4H3,(H,17,18). The van der Waals surface area contributed by atoms with E-state index in [0.29, 0.717) is 5.02 Å². The third-order valence-corrected chi connectivity index (χ3v) is 3.92. The van der Waals surface area contributed by atoms with Crippen LogP contribution in [0.1, 0.15) is 30.7 Å². The van der Waals surface area contributed by atoms with E-state index in [1.54, 1.807) is 13.8 Å². The molecule has 4 heteroatoms. The molecule has 0 saturated heterocycles. The molecule has 0 fully saturated rings. The summed E-state index contributed by atoms with van der Waals surface area (Å²) in [5, 5.41) is 11.0. The lowest BCUT2D eigenvalue weighted by Crippen LogP contribution is -2.29. The van der Waals surface area contributed by atoms with E-state index in [1.807, 2.05) is 26.0 Å². The Morgan fingerprint density at radius 3 is 2.50 bits per heavy atom. The average Bonchev–Trinajstić information content (AvgIpc) is 2.61. The molecule has 96 valence electrons. The second-order valence-electron chi connectivity index (χ2n) is 5.15. The number of halogens is 1. The summed E-state index contributed by atoms with van der Waals surface area (Å²) in [6.45, 7) is 7.26. The SMILES string of the molecule is Cc1[nH]c2c(C)c(Cl)ccc2c1C(C)(C)C(=O)O. The number of hydrogen-bond acceptors (Lipinski definition) is 1. The van der Waals surface area contributed by atoms with E-state index in [0.717, 1.165) is 27.7 Å². The third kappa shape index (κ3) is 1.70. The van der Waals surface area contributed by atoms with Gasteiger partial charge in [0, 0.05) is 16.1 Å². The Bertz CT molecular complexity index is 641. The number of benzene rings is 1. The lowest BCUT2D eigenvalue weighted by Gasteiger charge is -2.20. The van der Waals surface area contributed by atoms with Gasteiger partial charge in [0.25, 0.3) is 0 Å². The van der Waals surface area contributed by atoms with Crippen molar-refractivity contribution in [2.75, 3.05) is 0 Å². The van der Waals surface area contributed by atoms with Crippen LogP contribution in [0.25, 0.3) is 10.9 Å². The third-order valence-electron chi connectivity index (χ3n) is 3.52. The van der Waals surface area contributed by atoms with Crippen molar-refractivity contribution in [1.29, 1.82) is 0 Å². The van der Waals surface area contributed by atoms with Crippen LogP contribution >= 0.6 is 11.6 Å². The van der Waals surface area contributed by atoms with Crippen molar-refractivity contribution in [3.63, 3.8) is 0 Å². The van der Waals surface area contributed by atoms with Crippen LogP contribution in [0, 0.1) is 13.8 Å². The highest BCUT2D eigenvalue weighted by molar-refractivity contribution is 6.32. The molecule has 1 aromatic heterocycles.